The lowest BCUT2D eigenvalue weighted by molar-refractivity contribution is 0.239. The average Bonchev–Trinajstić information content (AvgIpc) is 1.96. The summed E-state index contributed by atoms with van der Waals surface area (Å²) < 4.78 is 7.32. The zero-order valence-corrected chi connectivity index (χ0v) is 10.6. The zero-order chi connectivity index (χ0) is 10.0. The van der Waals surface area contributed by atoms with Gasteiger partial charge in [0.1, 0.15) is 13.6 Å². The van der Waals surface area contributed by atoms with E-state index in [1.165, 1.54) is 0 Å². The minimum atomic E-state index is 0.149. The predicted octanol–water partition coefficient (Wildman–Crippen LogP) is 2.79. The van der Waals surface area contributed by atoms with Crippen LogP contribution in [0.3, 0.4) is 0 Å². The Balaban J connectivity index is 3.06. The van der Waals surface area contributed by atoms with Crippen LogP contribution in [0.4, 0.5) is 0 Å². The van der Waals surface area contributed by atoms with E-state index in [-0.39, 0.29) is 6.10 Å². The molecule has 1 nitrogen and oxygen atoms in total. The lowest BCUT2D eigenvalue weighted by Gasteiger charge is -2.13. The molecule has 0 N–H and O–H groups in total. The molecule has 0 atom stereocenters. The monoisotopic (exact) mass is 302 g/mol. The molecule has 1 rings (SSSR count). The molecule has 68 valence electrons. The lowest BCUT2D eigenvalue weighted by atomic mass is 9.97. The first-order valence-corrected chi connectivity index (χ1v) is 5.50. The fourth-order valence-electron chi connectivity index (χ4n) is 0.928. The third kappa shape index (κ3) is 3.02. The van der Waals surface area contributed by atoms with Crippen LogP contribution in [-0.2, 0) is 0 Å². The Bertz CT molecular complexity index is 289. The van der Waals surface area contributed by atoms with Crippen molar-refractivity contribution in [3.05, 3.63) is 21.1 Å². The van der Waals surface area contributed by atoms with Gasteiger partial charge < -0.3 is 4.74 Å². The Kier molecular flexibility index (Phi) is 3.86. The molecule has 0 heterocycles. The van der Waals surface area contributed by atoms with Crippen LogP contribution < -0.4 is 10.2 Å². The Morgan fingerprint density at radius 1 is 1.23 bits per heavy atom. The topological polar surface area (TPSA) is 9.23 Å². The Hall–Kier alpha value is 0.0449. The Morgan fingerprint density at radius 3 is 2.08 bits per heavy atom. The van der Waals surface area contributed by atoms with E-state index in [9.17, 15) is 0 Å². The van der Waals surface area contributed by atoms with E-state index >= 15 is 0 Å². The molecule has 0 saturated heterocycles. The van der Waals surface area contributed by atoms with Gasteiger partial charge in [0.15, 0.2) is 0 Å². The van der Waals surface area contributed by atoms with Crippen LogP contribution >= 0.6 is 31.9 Å². The number of ether oxygens (including phenoxy) is 1. The molecule has 0 bridgehead atoms. The quantitative estimate of drug-likeness (QED) is 0.764. The van der Waals surface area contributed by atoms with Crippen molar-refractivity contribution in [1.82, 2.24) is 0 Å². The fourth-order valence-corrected chi connectivity index (χ4v) is 2.34. The molecule has 2 radical (unpaired) electrons. The van der Waals surface area contributed by atoms with Crippen molar-refractivity contribution in [2.75, 3.05) is 0 Å². The Morgan fingerprint density at radius 2 is 1.69 bits per heavy atom. The zero-order valence-electron chi connectivity index (χ0n) is 7.47. The maximum Gasteiger partial charge on any atom is 0.147 e. The summed E-state index contributed by atoms with van der Waals surface area (Å²) in [6, 6.07) is 3.64. The molecule has 1 aromatic carbocycles. The minimum Gasteiger partial charge on any atom is -0.489 e. The molecular weight excluding hydrogens is 295 g/mol. The molecular formula is C9H9BBr2O. The summed E-state index contributed by atoms with van der Waals surface area (Å²) in [6.07, 6.45) is 0.149. The molecule has 0 fully saturated rings. The lowest BCUT2D eigenvalue weighted by Crippen LogP contribution is -2.09. The molecule has 0 amide bonds. The molecule has 0 saturated carbocycles. The summed E-state index contributed by atoms with van der Waals surface area (Å²) in [5.74, 6) is 0.796. The summed E-state index contributed by atoms with van der Waals surface area (Å²) in [7, 11) is 5.64. The molecule has 0 aromatic heterocycles. The van der Waals surface area contributed by atoms with Gasteiger partial charge in [-0.1, -0.05) is 17.6 Å². The van der Waals surface area contributed by atoms with Crippen molar-refractivity contribution in [2.24, 2.45) is 0 Å². The number of benzene rings is 1. The van der Waals surface area contributed by atoms with Crippen molar-refractivity contribution in [3.8, 4) is 5.75 Å². The first-order chi connectivity index (χ1) is 6.00. The van der Waals surface area contributed by atoms with Crippen molar-refractivity contribution in [2.45, 2.75) is 20.0 Å². The summed E-state index contributed by atoms with van der Waals surface area (Å²) >= 11 is 6.78. The van der Waals surface area contributed by atoms with E-state index in [1.54, 1.807) is 0 Å². The largest absolute Gasteiger partial charge is 0.489 e. The molecule has 0 unspecified atom stereocenters. The first kappa shape index (κ1) is 11.1. The Labute approximate surface area is 96.5 Å². The first-order valence-electron chi connectivity index (χ1n) is 3.92. The minimum absolute atomic E-state index is 0.149. The van der Waals surface area contributed by atoms with E-state index in [1.807, 2.05) is 26.0 Å². The summed E-state index contributed by atoms with van der Waals surface area (Å²) in [4.78, 5) is 0. The molecule has 1 aromatic rings. The van der Waals surface area contributed by atoms with Crippen molar-refractivity contribution < 1.29 is 4.74 Å². The molecule has 0 aliphatic carbocycles. The second-order valence-corrected chi connectivity index (χ2v) is 4.69. The standard InChI is InChI=1S/C9H9BBr2O/c1-5(2)13-9-7(11)3-6(10)4-8(9)12/h3-5H,1-2H3. The van der Waals surface area contributed by atoms with E-state index in [0.717, 1.165) is 14.7 Å². The maximum atomic E-state index is 5.64. The van der Waals surface area contributed by atoms with Crippen molar-refractivity contribution in [1.29, 1.82) is 0 Å². The van der Waals surface area contributed by atoms with E-state index < -0.39 is 0 Å². The van der Waals surface area contributed by atoms with Crippen LogP contribution in [0, 0.1) is 0 Å². The van der Waals surface area contributed by atoms with Crippen LogP contribution in [0.15, 0.2) is 21.1 Å². The highest BCUT2D eigenvalue weighted by molar-refractivity contribution is 9.11. The predicted molar refractivity (Wildman–Crippen MR) is 63.0 cm³/mol. The fraction of sp³-hybridized carbons (Fsp3) is 0.333. The molecule has 13 heavy (non-hydrogen) atoms. The van der Waals surface area contributed by atoms with Gasteiger partial charge in [0, 0.05) is 0 Å². The van der Waals surface area contributed by atoms with Gasteiger partial charge in [-0.3, -0.25) is 0 Å². The number of hydrogen-bond acceptors (Lipinski definition) is 1. The molecule has 0 aliphatic rings. The van der Waals surface area contributed by atoms with E-state index in [0.29, 0.717) is 5.46 Å². The van der Waals surface area contributed by atoms with E-state index in [4.69, 9.17) is 12.6 Å². The molecule has 0 spiro atoms. The van der Waals surface area contributed by atoms with Crippen LogP contribution in [-0.4, -0.2) is 14.0 Å². The van der Waals surface area contributed by atoms with Crippen LogP contribution in [0.25, 0.3) is 0 Å². The second kappa shape index (κ2) is 4.51. The second-order valence-electron chi connectivity index (χ2n) is 2.98. The van der Waals surface area contributed by atoms with Crippen LogP contribution in [0.1, 0.15) is 13.8 Å². The molecule has 4 heteroatoms. The number of halogens is 2. The number of hydrogen-bond donors (Lipinski definition) is 0. The van der Waals surface area contributed by atoms with Gasteiger partial charge in [0.05, 0.1) is 15.0 Å². The number of rotatable bonds is 2. The van der Waals surface area contributed by atoms with Gasteiger partial charge in [-0.2, -0.15) is 0 Å². The van der Waals surface area contributed by atoms with Gasteiger partial charge >= 0.3 is 0 Å². The van der Waals surface area contributed by atoms with Gasteiger partial charge in [0.2, 0.25) is 0 Å². The van der Waals surface area contributed by atoms with Crippen molar-refractivity contribution >= 4 is 45.2 Å². The summed E-state index contributed by atoms with van der Waals surface area (Å²) in [5.41, 5.74) is 0.704. The third-order valence-electron chi connectivity index (χ3n) is 1.37. The maximum absolute atomic E-state index is 5.64. The smallest absolute Gasteiger partial charge is 0.147 e. The highest BCUT2D eigenvalue weighted by Crippen LogP contribution is 2.32. The third-order valence-corrected chi connectivity index (χ3v) is 2.55. The normalized spacial score (nSPS) is 10.5. The summed E-state index contributed by atoms with van der Waals surface area (Å²) in [6.45, 7) is 3.96. The average molecular weight is 304 g/mol. The highest BCUT2D eigenvalue weighted by Gasteiger charge is 2.08. The van der Waals surface area contributed by atoms with Gasteiger partial charge in [0.25, 0.3) is 0 Å². The van der Waals surface area contributed by atoms with Crippen LogP contribution in [0.2, 0.25) is 0 Å². The van der Waals surface area contributed by atoms with Gasteiger partial charge in [-0.05, 0) is 45.7 Å². The van der Waals surface area contributed by atoms with Crippen molar-refractivity contribution in [3.63, 3.8) is 0 Å². The molecule has 0 aliphatic heterocycles. The van der Waals surface area contributed by atoms with E-state index in [2.05, 4.69) is 31.9 Å². The van der Waals surface area contributed by atoms with Gasteiger partial charge in [-0.15, -0.1) is 0 Å². The highest BCUT2D eigenvalue weighted by atomic mass is 79.9. The SMILES string of the molecule is [B]c1cc(Br)c(OC(C)C)c(Br)c1. The van der Waals surface area contributed by atoms with Crippen LogP contribution in [0.5, 0.6) is 5.75 Å². The summed E-state index contributed by atoms with van der Waals surface area (Å²) in [5, 5.41) is 0. The van der Waals surface area contributed by atoms with Gasteiger partial charge in [-0.25, -0.2) is 0 Å².